The molecule has 1 aromatic heterocycles. The van der Waals surface area contributed by atoms with Gasteiger partial charge in [0.1, 0.15) is 22.2 Å². The minimum absolute atomic E-state index is 0.250. The first-order valence-electron chi connectivity index (χ1n) is 6.26. The second-order valence-corrected chi connectivity index (χ2v) is 7.44. The summed E-state index contributed by atoms with van der Waals surface area (Å²) in [7, 11) is 0. The van der Waals surface area contributed by atoms with E-state index < -0.39 is 18.3 Å². The highest BCUT2D eigenvalue weighted by Gasteiger charge is 2.28. The summed E-state index contributed by atoms with van der Waals surface area (Å²) < 4.78 is 42.1. The molecule has 1 rings (SSSR count). The number of nitrogens with one attached hydrogen (secondary N) is 1. The van der Waals surface area contributed by atoms with Gasteiger partial charge >= 0.3 is 0 Å². The highest BCUT2D eigenvalue weighted by molar-refractivity contribution is 9.10. The minimum Gasteiger partial charge on any atom is -0.397 e. The number of rotatable bonds is 4. The van der Waals surface area contributed by atoms with E-state index in [1.54, 1.807) is 6.92 Å². The third-order valence-electron chi connectivity index (χ3n) is 1.88. The molecule has 0 bridgehead atoms. The van der Waals surface area contributed by atoms with Crippen molar-refractivity contribution in [1.29, 1.82) is 0 Å². The van der Waals surface area contributed by atoms with Crippen LogP contribution in [0, 0.1) is 5.82 Å². The molecular weight excluding hydrogens is 369 g/mol. The van der Waals surface area contributed by atoms with Gasteiger partial charge in [0.15, 0.2) is 0 Å². The van der Waals surface area contributed by atoms with Crippen LogP contribution >= 0.6 is 27.9 Å². The molecule has 0 spiro atoms. The standard InChI is InChI=1S/C11H14BrF3N2S.C2H6O/c1-11(2,3)18-17-9(10(14)15)8-6(13)4-5-7(12)16-8;1-2-3/h4-5,9-10,17H,1-3H3;3H,2H2,1H3. The van der Waals surface area contributed by atoms with Gasteiger partial charge in [0.25, 0.3) is 6.43 Å². The number of hydrogen-bond acceptors (Lipinski definition) is 4. The van der Waals surface area contributed by atoms with E-state index in [9.17, 15) is 13.2 Å². The highest BCUT2D eigenvalue weighted by Crippen LogP contribution is 2.29. The zero-order chi connectivity index (χ0) is 16.6. The second kappa shape index (κ2) is 9.66. The SMILES string of the molecule is CC(C)(C)SNC(c1nc(Br)ccc1F)C(F)F.CCO. The minimum atomic E-state index is -2.74. The molecule has 2 N–H and O–H groups in total. The molecule has 21 heavy (non-hydrogen) atoms. The van der Waals surface area contributed by atoms with E-state index in [0.29, 0.717) is 4.60 Å². The van der Waals surface area contributed by atoms with Gasteiger partial charge in [0.2, 0.25) is 0 Å². The van der Waals surface area contributed by atoms with Crippen molar-refractivity contribution in [2.45, 2.75) is 44.9 Å². The predicted octanol–water partition coefficient (Wildman–Crippen LogP) is 4.32. The normalized spacial score (nSPS) is 12.9. The summed E-state index contributed by atoms with van der Waals surface area (Å²) in [4.78, 5) is 3.78. The smallest absolute Gasteiger partial charge is 0.260 e. The van der Waals surface area contributed by atoms with Gasteiger partial charge in [-0.3, -0.25) is 0 Å². The Balaban J connectivity index is 0.00000122. The van der Waals surface area contributed by atoms with Gasteiger partial charge in [-0.25, -0.2) is 22.9 Å². The Kier molecular flexibility index (Phi) is 9.51. The first-order valence-corrected chi connectivity index (χ1v) is 7.87. The summed E-state index contributed by atoms with van der Waals surface area (Å²) in [5.41, 5.74) is -0.281. The molecule has 3 nitrogen and oxygen atoms in total. The number of hydrogen-bond donors (Lipinski definition) is 2. The van der Waals surface area contributed by atoms with Crippen LogP contribution in [0.25, 0.3) is 0 Å². The number of aliphatic hydroxyl groups is 1. The number of aliphatic hydroxyl groups excluding tert-OH is 1. The fraction of sp³-hybridized carbons (Fsp3) is 0.615. The molecule has 0 saturated heterocycles. The average Bonchev–Trinajstić information content (AvgIpc) is 2.33. The summed E-state index contributed by atoms with van der Waals surface area (Å²) >= 11 is 4.17. The highest BCUT2D eigenvalue weighted by atomic mass is 79.9. The predicted molar refractivity (Wildman–Crippen MR) is 83.9 cm³/mol. The quantitative estimate of drug-likeness (QED) is 0.595. The number of pyridine rings is 1. The Bertz CT molecular complexity index is 430. The third-order valence-corrected chi connectivity index (χ3v) is 3.30. The van der Waals surface area contributed by atoms with Gasteiger partial charge < -0.3 is 5.11 Å². The van der Waals surface area contributed by atoms with E-state index in [-0.39, 0.29) is 17.0 Å². The summed E-state index contributed by atoms with van der Waals surface area (Å²) in [5.74, 6) is -0.745. The molecular formula is C13H20BrF3N2OS. The van der Waals surface area contributed by atoms with Crippen LogP contribution in [-0.4, -0.2) is 27.9 Å². The topological polar surface area (TPSA) is 45.2 Å². The van der Waals surface area contributed by atoms with E-state index in [0.717, 1.165) is 18.0 Å². The molecule has 1 unspecified atom stereocenters. The van der Waals surface area contributed by atoms with E-state index >= 15 is 0 Å². The van der Waals surface area contributed by atoms with Crippen molar-refractivity contribution in [3.8, 4) is 0 Å². The summed E-state index contributed by atoms with van der Waals surface area (Å²) in [6, 6.07) is 1.05. The van der Waals surface area contributed by atoms with Crippen LogP contribution in [0.2, 0.25) is 0 Å². The zero-order valence-electron chi connectivity index (χ0n) is 12.3. The van der Waals surface area contributed by atoms with Gasteiger partial charge in [-0.05, 0) is 55.8 Å². The van der Waals surface area contributed by atoms with Crippen LogP contribution in [0.4, 0.5) is 13.2 Å². The summed E-state index contributed by atoms with van der Waals surface area (Å²) in [6.45, 7) is 7.55. The second-order valence-electron chi connectivity index (χ2n) is 4.96. The molecule has 1 aromatic rings. The molecule has 0 amide bonds. The molecule has 8 heteroatoms. The van der Waals surface area contributed by atoms with E-state index in [1.165, 1.54) is 6.07 Å². The number of nitrogens with zero attached hydrogens (tertiary/aromatic N) is 1. The Morgan fingerprint density at radius 1 is 1.38 bits per heavy atom. The van der Waals surface area contributed by atoms with E-state index in [1.807, 2.05) is 20.8 Å². The number of alkyl halides is 2. The Morgan fingerprint density at radius 2 is 1.90 bits per heavy atom. The molecule has 0 radical (unpaired) electrons. The van der Waals surface area contributed by atoms with E-state index in [2.05, 4.69) is 25.6 Å². The average molecular weight is 389 g/mol. The molecule has 122 valence electrons. The summed E-state index contributed by atoms with van der Waals surface area (Å²) in [5, 5.41) is 7.57. The molecule has 0 saturated carbocycles. The fourth-order valence-electron chi connectivity index (χ4n) is 1.12. The van der Waals surface area contributed by atoms with E-state index in [4.69, 9.17) is 5.11 Å². The van der Waals surface area contributed by atoms with Crippen molar-refractivity contribution < 1.29 is 18.3 Å². The first-order chi connectivity index (χ1) is 9.62. The van der Waals surface area contributed by atoms with Crippen LogP contribution in [0.3, 0.4) is 0 Å². The Hall–Kier alpha value is -0.310. The maximum absolute atomic E-state index is 13.5. The third kappa shape index (κ3) is 8.65. The fourth-order valence-corrected chi connectivity index (χ4v) is 2.14. The summed E-state index contributed by atoms with van der Waals surface area (Å²) in [6.07, 6.45) is -2.74. The van der Waals surface area contributed by atoms with Crippen molar-refractivity contribution in [1.82, 2.24) is 9.71 Å². The Labute approximate surface area is 136 Å². The number of aromatic nitrogens is 1. The molecule has 1 atom stereocenters. The Morgan fingerprint density at radius 3 is 2.33 bits per heavy atom. The van der Waals surface area contributed by atoms with Gasteiger partial charge in [0, 0.05) is 11.4 Å². The maximum atomic E-state index is 13.5. The lowest BCUT2D eigenvalue weighted by molar-refractivity contribution is 0.106. The lowest BCUT2D eigenvalue weighted by Crippen LogP contribution is -2.28. The van der Waals surface area contributed by atoms with Crippen LogP contribution in [0.5, 0.6) is 0 Å². The van der Waals surface area contributed by atoms with Crippen molar-refractivity contribution >= 4 is 27.9 Å². The zero-order valence-corrected chi connectivity index (χ0v) is 14.7. The molecule has 0 aliphatic heterocycles. The van der Waals surface area contributed by atoms with Gasteiger partial charge in [-0.1, -0.05) is 11.9 Å². The molecule has 1 heterocycles. The lowest BCUT2D eigenvalue weighted by atomic mass is 10.2. The van der Waals surface area contributed by atoms with Crippen LogP contribution in [0.15, 0.2) is 16.7 Å². The maximum Gasteiger partial charge on any atom is 0.260 e. The molecule has 0 aliphatic rings. The molecule has 0 aliphatic carbocycles. The van der Waals surface area contributed by atoms with Crippen LogP contribution in [-0.2, 0) is 0 Å². The van der Waals surface area contributed by atoms with Crippen molar-refractivity contribution in [2.75, 3.05) is 6.61 Å². The van der Waals surface area contributed by atoms with Crippen molar-refractivity contribution in [2.24, 2.45) is 0 Å². The van der Waals surface area contributed by atoms with Gasteiger partial charge in [-0.2, -0.15) is 0 Å². The van der Waals surface area contributed by atoms with Crippen LogP contribution in [0.1, 0.15) is 39.4 Å². The van der Waals surface area contributed by atoms with Gasteiger partial charge in [-0.15, -0.1) is 0 Å². The van der Waals surface area contributed by atoms with Gasteiger partial charge in [0.05, 0.1) is 0 Å². The molecule has 0 fully saturated rings. The molecule has 0 aromatic carbocycles. The van der Waals surface area contributed by atoms with Crippen molar-refractivity contribution in [3.63, 3.8) is 0 Å². The lowest BCUT2D eigenvalue weighted by Gasteiger charge is -2.23. The largest absolute Gasteiger partial charge is 0.397 e. The van der Waals surface area contributed by atoms with Crippen LogP contribution < -0.4 is 4.72 Å². The van der Waals surface area contributed by atoms with Crippen molar-refractivity contribution in [3.05, 3.63) is 28.2 Å². The monoisotopic (exact) mass is 388 g/mol. The number of halogens is 4. The first kappa shape index (κ1) is 20.7.